The largest absolute Gasteiger partial charge is 0.385 e. The molecule has 0 saturated heterocycles. The minimum Gasteiger partial charge on any atom is -0.385 e. The molecule has 0 fully saturated rings. The molecule has 0 aromatic heterocycles. The third-order valence-electron chi connectivity index (χ3n) is 1.54. The van der Waals surface area contributed by atoms with E-state index in [0.29, 0.717) is 6.61 Å². The first-order valence-corrected chi connectivity index (χ1v) is 6.21. The molecule has 0 atom stereocenters. The molecule has 80 valence electrons. The van der Waals surface area contributed by atoms with Crippen LogP contribution in [-0.2, 0) is 19.0 Å². The summed E-state index contributed by atoms with van der Waals surface area (Å²) in [5.41, 5.74) is 0. The van der Waals surface area contributed by atoms with E-state index in [1.807, 2.05) is 0 Å². The fraction of sp³-hybridized carbons (Fsp3) is 1.00. The summed E-state index contributed by atoms with van der Waals surface area (Å²) in [6, 6.07) is 0. The van der Waals surface area contributed by atoms with Gasteiger partial charge in [0.25, 0.3) is 10.1 Å². The number of rotatable bonds is 8. The van der Waals surface area contributed by atoms with Crippen molar-refractivity contribution in [1.82, 2.24) is 0 Å². The van der Waals surface area contributed by atoms with Crippen molar-refractivity contribution in [3.05, 3.63) is 0 Å². The Bertz CT molecular complexity index is 198. The van der Waals surface area contributed by atoms with Crippen LogP contribution < -0.4 is 0 Å². The van der Waals surface area contributed by atoms with Crippen molar-refractivity contribution in [2.75, 3.05) is 26.6 Å². The summed E-state index contributed by atoms with van der Waals surface area (Å²) in [6.07, 6.45) is 4.92. The van der Waals surface area contributed by atoms with Crippen LogP contribution in [0, 0.1) is 0 Å². The second-order valence-corrected chi connectivity index (χ2v) is 4.58. The fourth-order valence-electron chi connectivity index (χ4n) is 0.912. The molecule has 5 heteroatoms. The Morgan fingerprint density at radius 2 is 1.54 bits per heavy atom. The van der Waals surface area contributed by atoms with Gasteiger partial charge in [0.1, 0.15) is 0 Å². The van der Waals surface area contributed by atoms with Crippen molar-refractivity contribution >= 4 is 10.1 Å². The van der Waals surface area contributed by atoms with E-state index in [-0.39, 0.29) is 0 Å². The van der Waals surface area contributed by atoms with Crippen LogP contribution in [0.15, 0.2) is 0 Å². The van der Waals surface area contributed by atoms with E-state index in [0.717, 1.165) is 38.5 Å². The third kappa shape index (κ3) is 11.9. The normalized spacial score (nSPS) is 11.8. The van der Waals surface area contributed by atoms with Gasteiger partial charge >= 0.3 is 0 Å². The number of methoxy groups -OCH3 is 1. The summed E-state index contributed by atoms with van der Waals surface area (Å²) < 4.78 is 30.5. The molecule has 0 N–H and O–H groups in total. The molecule has 0 aromatic rings. The van der Waals surface area contributed by atoms with Gasteiger partial charge in [-0.05, 0) is 12.8 Å². The molecule has 0 spiro atoms. The van der Waals surface area contributed by atoms with Gasteiger partial charge < -0.3 is 4.74 Å². The SMILES string of the molecule is COCCCCCCOS(C)(=O)=O. The number of ether oxygens (including phenoxy) is 1. The van der Waals surface area contributed by atoms with Gasteiger partial charge in [0.2, 0.25) is 0 Å². The maximum Gasteiger partial charge on any atom is 0.264 e. The molecule has 0 aliphatic heterocycles. The summed E-state index contributed by atoms with van der Waals surface area (Å²) in [5.74, 6) is 0. The summed E-state index contributed by atoms with van der Waals surface area (Å²) in [5, 5.41) is 0. The predicted octanol–water partition coefficient (Wildman–Crippen LogP) is 1.17. The molecule has 0 aliphatic rings. The zero-order valence-corrected chi connectivity index (χ0v) is 9.10. The highest BCUT2D eigenvalue weighted by Crippen LogP contribution is 2.01. The highest BCUT2D eigenvalue weighted by Gasteiger charge is 1.99. The Morgan fingerprint density at radius 3 is 2.00 bits per heavy atom. The first kappa shape index (κ1) is 12.9. The molecular weight excluding hydrogens is 192 g/mol. The van der Waals surface area contributed by atoms with Gasteiger partial charge in [-0.25, -0.2) is 0 Å². The topological polar surface area (TPSA) is 52.6 Å². The van der Waals surface area contributed by atoms with E-state index in [1.54, 1.807) is 7.11 Å². The van der Waals surface area contributed by atoms with Crippen molar-refractivity contribution in [2.24, 2.45) is 0 Å². The third-order valence-corrected chi connectivity index (χ3v) is 2.14. The molecule has 0 aromatic carbocycles. The smallest absolute Gasteiger partial charge is 0.264 e. The quantitative estimate of drug-likeness (QED) is 0.446. The Balaban J connectivity index is 3.09. The summed E-state index contributed by atoms with van der Waals surface area (Å²) in [4.78, 5) is 0. The van der Waals surface area contributed by atoms with Crippen LogP contribution in [0.4, 0.5) is 0 Å². The van der Waals surface area contributed by atoms with Crippen LogP contribution in [-0.4, -0.2) is 35.0 Å². The van der Waals surface area contributed by atoms with Crippen molar-refractivity contribution in [1.29, 1.82) is 0 Å². The van der Waals surface area contributed by atoms with Gasteiger partial charge in [0, 0.05) is 13.7 Å². The molecule has 0 heterocycles. The number of unbranched alkanes of at least 4 members (excludes halogenated alkanes) is 3. The second kappa shape index (κ2) is 7.29. The average molecular weight is 210 g/mol. The van der Waals surface area contributed by atoms with Crippen molar-refractivity contribution in [3.63, 3.8) is 0 Å². The van der Waals surface area contributed by atoms with Gasteiger partial charge in [0.15, 0.2) is 0 Å². The molecule has 0 rings (SSSR count). The van der Waals surface area contributed by atoms with E-state index < -0.39 is 10.1 Å². The molecular formula is C8H18O4S. The van der Waals surface area contributed by atoms with Crippen LogP contribution in [0.25, 0.3) is 0 Å². The van der Waals surface area contributed by atoms with E-state index in [9.17, 15) is 8.42 Å². The lowest BCUT2D eigenvalue weighted by molar-refractivity contribution is 0.191. The van der Waals surface area contributed by atoms with Crippen LogP contribution in [0.1, 0.15) is 25.7 Å². The fourth-order valence-corrected chi connectivity index (χ4v) is 1.33. The lowest BCUT2D eigenvalue weighted by Gasteiger charge is -2.01. The Kier molecular flexibility index (Phi) is 7.22. The maximum absolute atomic E-state index is 10.5. The van der Waals surface area contributed by atoms with E-state index in [4.69, 9.17) is 4.74 Å². The molecule has 4 nitrogen and oxygen atoms in total. The van der Waals surface area contributed by atoms with Crippen LogP contribution in [0.3, 0.4) is 0 Å². The van der Waals surface area contributed by atoms with E-state index >= 15 is 0 Å². The summed E-state index contributed by atoms with van der Waals surface area (Å²) in [7, 11) is -1.57. The molecule has 0 bridgehead atoms. The van der Waals surface area contributed by atoms with Crippen LogP contribution in [0.2, 0.25) is 0 Å². The molecule has 0 aliphatic carbocycles. The van der Waals surface area contributed by atoms with Crippen molar-refractivity contribution in [3.8, 4) is 0 Å². The molecule has 0 amide bonds. The molecule has 0 radical (unpaired) electrons. The van der Waals surface area contributed by atoms with E-state index in [2.05, 4.69) is 4.18 Å². The zero-order valence-electron chi connectivity index (χ0n) is 8.28. The minimum absolute atomic E-state index is 0.297. The number of hydrogen-bond acceptors (Lipinski definition) is 4. The molecule has 0 saturated carbocycles. The minimum atomic E-state index is -3.25. The summed E-state index contributed by atoms with van der Waals surface area (Å²) in [6.45, 7) is 1.07. The second-order valence-electron chi connectivity index (χ2n) is 2.93. The van der Waals surface area contributed by atoms with E-state index in [1.165, 1.54) is 0 Å². The first-order valence-electron chi connectivity index (χ1n) is 4.39. The summed E-state index contributed by atoms with van der Waals surface area (Å²) >= 11 is 0. The predicted molar refractivity (Wildman–Crippen MR) is 51.1 cm³/mol. The average Bonchev–Trinajstić information content (AvgIpc) is 2.01. The van der Waals surface area contributed by atoms with Crippen LogP contribution in [0.5, 0.6) is 0 Å². The lowest BCUT2D eigenvalue weighted by atomic mass is 10.2. The van der Waals surface area contributed by atoms with Crippen molar-refractivity contribution < 1.29 is 17.3 Å². The number of hydrogen-bond donors (Lipinski definition) is 0. The van der Waals surface area contributed by atoms with Gasteiger partial charge in [-0.1, -0.05) is 12.8 Å². The Labute approximate surface area is 80.4 Å². The monoisotopic (exact) mass is 210 g/mol. The highest BCUT2D eigenvalue weighted by atomic mass is 32.2. The Morgan fingerprint density at radius 1 is 1.00 bits per heavy atom. The van der Waals surface area contributed by atoms with Gasteiger partial charge in [-0.15, -0.1) is 0 Å². The highest BCUT2D eigenvalue weighted by molar-refractivity contribution is 7.85. The molecule has 0 unspecified atom stereocenters. The lowest BCUT2D eigenvalue weighted by Crippen LogP contribution is -2.03. The Hall–Kier alpha value is -0.130. The first-order chi connectivity index (χ1) is 6.06. The maximum atomic E-state index is 10.5. The van der Waals surface area contributed by atoms with Gasteiger partial charge in [0.05, 0.1) is 12.9 Å². The standard InChI is InChI=1S/C8H18O4S/c1-11-7-5-3-4-6-8-12-13(2,9)10/h3-8H2,1-2H3. The molecule has 13 heavy (non-hydrogen) atoms. The van der Waals surface area contributed by atoms with Gasteiger partial charge in [-0.2, -0.15) is 8.42 Å². The zero-order chi connectivity index (χ0) is 10.2. The van der Waals surface area contributed by atoms with Gasteiger partial charge in [-0.3, -0.25) is 4.18 Å². The van der Waals surface area contributed by atoms with Crippen molar-refractivity contribution in [2.45, 2.75) is 25.7 Å². The van der Waals surface area contributed by atoms with Crippen LogP contribution >= 0.6 is 0 Å².